The van der Waals surface area contributed by atoms with Gasteiger partial charge in [0, 0.05) is 13.1 Å². The van der Waals surface area contributed by atoms with Crippen molar-refractivity contribution in [3.05, 3.63) is 62.0 Å². The van der Waals surface area contributed by atoms with Crippen LogP contribution >= 0.6 is 39.1 Å². The minimum Gasteiger partial charge on any atom is -0.483 e. The molecule has 1 N–H and O–H groups in total. The first kappa shape index (κ1) is 25.5. The molecule has 0 bridgehead atoms. The van der Waals surface area contributed by atoms with Crippen LogP contribution in [-0.4, -0.2) is 35.9 Å². The number of amides is 2. The zero-order valence-electron chi connectivity index (χ0n) is 18.0. The number of ether oxygens (including phenoxy) is 1. The van der Waals surface area contributed by atoms with Crippen molar-refractivity contribution in [2.75, 3.05) is 13.2 Å². The predicted octanol–water partition coefficient (Wildman–Crippen LogP) is 5.81. The van der Waals surface area contributed by atoms with E-state index in [2.05, 4.69) is 35.1 Å². The maximum absolute atomic E-state index is 13.1. The van der Waals surface area contributed by atoms with Crippen LogP contribution in [-0.2, 0) is 16.1 Å². The molecule has 0 radical (unpaired) electrons. The summed E-state index contributed by atoms with van der Waals surface area (Å²) in [6.45, 7) is 8.20. The van der Waals surface area contributed by atoms with E-state index < -0.39 is 6.04 Å². The molecule has 0 aliphatic carbocycles. The second kappa shape index (κ2) is 11.7. The van der Waals surface area contributed by atoms with Crippen LogP contribution < -0.4 is 10.1 Å². The number of rotatable bonds is 9. The molecule has 2 rings (SSSR count). The van der Waals surface area contributed by atoms with Gasteiger partial charge in [-0.3, -0.25) is 9.59 Å². The van der Waals surface area contributed by atoms with Crippen LogP contribution in [0.15, 0.2) is 40.9 Å². The number of nitrogens with zero attached hydrogens (tertiary/aromatic N) is 1. The van der Waals surface area contributed by atoms with Gasteiger partial charge in [0.05, 0.1) is 14.5 Å². The van der Waals surface area contributed by atoms with E-state index in [4.69, 9.17) is 27.9 Å². The summed E-state index contributed by atoms with van der Waals surface area (Å²) in [6, 6.07) is 10.2. The number of halogens is 3. The van der Waals surface area contributed by atoms with E-state index in [1.54, 1.807) is 25.1 Å². The van der Waals surface area contributed by atoms with E-state index in [1.165, 1.54) is 4.90 Å². The normalized spacial score (nSPS) is 11.9. The number of carbonyl (C=O) groups is 2. The first-order valence-corrected chi connectivity index (χ1v) is 11.6. The smallest absolute Gasteiger partial charge is 0.261 e. The second-order valence-corrected chi connectivity index (χ2v) is 9.14. The highest BCUT2D eigenvalue weighted by Gasteiger charge is 2.26. The molecular formula is C23H27BrCl2N2O3. The van der Waals surface area contributed by atoms with Gasteiger partial charge < -0.3 is 15.0 Å². The molecule has 31 heavy (non-hydrogen) atoms. The third-order valence-corrected chi connectivity index (χ3v) is 6.19. The fourth-order valence-corrected chi connectivity index (χ4v) is 3.79. The van der Waals surface area contributed by atoms with Crippen LogP contribution in [0, 0.1) is 0 Å². The molecule has 5 nitrogen and oxygen atoms in total. The zero-order valence-corrected chi connectivity index (χ0v) is 21.1. The predicted molar refractivity (Wildman–Crippen MR) is 129 cm³/mol. The molecular weight excluding hydrogens is 503 g/mol. The fraction of sp³-hybridized carbons (Fsp3) is 0.391. The summed E-state index contributed by atoms with van der Waals surface area (Å²) in [5, 5.41) is 3.58. The molecule has 0 saturated carbocycles. The van der Waals surface area contributed by atoms with E-state index in [0.29, 0.717) is 28.3 Å². The van der Waals surface area contributed by atoms with Gasteiger partial charge in [-0.2, -0.15) is 0 Å². The number of carbonyl (C=O) groups excluding carboxylic acids is 2. The third-order valence-electron chi connectivity index (χ3n) is 4.83. The summed E-state index contributed by atoms with van der Waals surface area (Å²) in [7, 11) is 0. The molecule has 2 aromatic rings. The van der Waals surface area contributed by atoms with Crippen LogP contribution in [0.1, 0.15) is 44.7 Å². The number of likely N-dealkylation sites (N-methyl/N-ethyl adjacent to an activating group) is 1. The minimum atomic E-state index is -0.683. The largest absolute Gasteiger partial charge is 0.483 e. The SMILES string of the molecule is CCNC(=O)[C@@H](C)N(Cc1ccc(Cl)c(Cl)c1)C(=O)COc1ccc(C(C)C)cc1Br. The van der Waals surface area contributed by atoms with Gasteiger partial charge >= 0.3 is 0 Å². The van der Waals surface area contributed by atoms with Crippen LogP contribution in [0.2, 0.25) is 10.0 Å². The van der Waals surface area contributed by atoms with E-state index in [-0.39, 0.29) is 25.0 Å². The van der Waals surface area contributed by atoms with E-state index in [0.717, 1.165) is 15.6 Å². The Labute approximate surface area is 202 Å². The van der Waals surface area contributed by atoms with Gasteiger partial charge in [-0.15, -0.1) is 0 Å². The molecule has 0 saturated heterocycles. The van der Waals surface area contributed by atoms with Gasteiger partial charge in [-0.25, -0.2) is 0 Å². The zero-order chi connectivity index (χ0) is 23.1. The lowest BCUT2D eigenvalue weighted by Crippen LogP contribution is -2.49. The number of benzene rings is 2. The average Bonchev–Trinajstić information content (AvgIpc) is 2.72. The van der Waals surface area contributed by atoms with Crippen LogP contribution in [0.3, 0.4) is 0 Å². The summed E-state index contributed by atoms with van der Waals surface area (Å²) in [5.41, 5.74) is 1.93. The lowest BCUT2D eigenvalue weighted by molar-refractivity contribution is -0.142. The lowest BCUT2D eigenvalue weighted by atomic mass is 10.0. The highest BCUT2D eigenvalue weighted by molar-refractivity contribution is 9.10. The lowest BCUT2D eigenvalue weighted by Gasteiger charge is -2.28. The fourth-order valence-electron chi connectivity index (χ4n) is 2.95. The Morgan fingerprint density at radius 3 is 2.39 bits per heavy atom. The van der Waals surface area contributed by atoms with Gasteiger partial charge in [0.1, 0.15) is 11.8 Å². The van der Waals surface area contributed by atoms with Crippen molar-refractivity contribution in [2.45, 2.75) is 46.2 Å². The van der Waals surface area contributed by atoms with Gasteiger partial charge in [-0.05, 0) is 71.1 Å². The van der Waals surface area contributed by atoms with Crippen molar-refractivity contribution < 1.29 is 14.3 Å². The van der Waals surface area contributed by atoms with E-state index >= 15 is 0 Å². The van der Waals surface area contributed by atoms with Crippen molar-refractivity contribution in [1.29, 1.82) is 0 Å². The molecule has 0 aliphatic rings. The molecule has 8 heteroatoms. The Morgan fingerprint density at radius 2 is 1.81 bits per heavy atom. The molecule has 0 heterocycles. The van der Waals surface area contributed by atoms with Gasteiger partial charge in [0.2, 0.25) is 5.91 Å². The Hall–Kier alpha value is -1.76. The van der Waals surface area contributed by atoms with Crippen molar-refractivity contribution >= 4 is 50.9 Å². The molecule has 0 aromatic heterocycles. The number of nitrogens with one attached hydrogen (secondary N) is 1. The second-order valence-electron chi connectivity index (χ2n) is 7.47. The third kappa shape index (κ3) is 7.13. The quantitative estimate of drug-likeness (QED) is 0.445. The topological polar surface area (TPSA) is 58.6 Å². The first-order valence-electron chi connectivity index (χ1n) is 10.1. The number of hydrogen-bond acceptors (Lipinski definition) is 3. The molecule has 168 valence electrons. The van der Waals surface area contributed by atoms with Crippen molar-refractivity contribution in [3.63, 3.8) is 0 Å². The monoisotopic (exact) mass is 528 g/mol. The molecule has 0 aliphatic heterocycles. The summed E-state index contributed by atoms with van der Waals surface area (Å²) in [4.78, 5) is 27.0. The van der Waals surface area contributed by atoms with Crippen molar-refractivity contribution in [3.8, 4) is 5.75 Å². The summed E-state index contributed by atoms with van der Waals surface area (Å²) in [6.07, 6.45) is 0. The standard InChI is InChI=1S/C23H27BrCl2N2O3/c1-5-27-23(30)15(4)28(12-16-6-8-19(25)20(26)10-16)22(29)13-31-21-9-7-17(14(2)3)11-18(21)24/h6-11,14-15H,5,12-13H2,1-4H3,(H,27,30)/t15-/m1/s1. The molecule has 0 fully saturated rings. The van der Waals surface area contributed by atoms with E-state index in [1.807, 2.05) is 25.1 Å². The van der Waals surface area contributed by atoms with Crippen molar-refractivity contribution in [1.82, 2.24) is 10.2 Å². The molecule has 2 aromatic carbocycles. The summed E-state index contributed by atoms with van der Waals surface area (Å²) in [5.74, 6) is 0.396. The number of hydrogen-bond donors (Lipinski definition) is 1. The highest BCUT2D eigenvalue weighted by Crippen LogP contribution is 2.29. The molecule has 0 spiro atoms. The Balaban J connectivity index is 2.19. The highest BCUT2D eigenvalue weighted by atomic mass is 79.9. The Morgan fingerprint density at radius 1 is 1.10 bits per heavy atom. The van der Waals surface area contributed by atoms with Gasteiger partial charge in [-0.1, -0.05) is 49.2 Å². The Kier molecular flexibility index (Phi) is 9.66. The van der Waals surface area contributed by atoms with Crippen LogP contribution in [0.25, 0.3) is 0 Å². The minimum absolute atomic E-state index is 0.199. The average molecular weight is 530 g/mol. The van der Waals surface area contributed by atoms with Gasteiger partial charge in [0.25, 0.3) is 5.91 Å². The molecule has 1 atom stereocenters. The molecule has 0 unspecified atom stereocenters. The maximum Gasteiger partial charge on any atom is 0.261 e. The maximum atomic E-state index is 13.1. The first-order chi connectivity index (χ1) is 14.6. The molecule has 2 amide bonds. The van der Waals surface area contributed by atoms with E-state index in [9.17, 15) is 9.59 Å². The Bertz CT molecular complexity index is 937. The summed E-state index contributed by atoms with van der Waals surface area (Å²) < 4.78 is 6.54. The van der Waals surface area contributed by atoms with Gasteiger partial charge in [0.15, 0.2) is 6.61 Å². The summed E-state index contributed by atoms with van der Waals surface area (Å²) >= 11 is 15.6. The van der Waals surface area contributed by atoms with Crippen molar-refractivity contribution in [2.24, 2.45) is 0 Å². The van der Waals surface area contributed by atoms with Crippen LogP contribution in [0.5, 0.6) is 5.75 Å². The van der Waals surface area contributed by atoms with Crippen LogP contribution in [0.4, 0.5) is 0 Å².